The number of halogens is 3. The van der Waals surface area contributed by atoms with Gasteiger partial charge in [0.2, 0.25) is 5.88 Å². The molecule has 2 N–H and O–H groups in total. The molecule has 0 unspecified atom stereocenters. The van der Waals surface area contributed by atoms with Crippen LogP contribution in [0.1, 0.15) is 19.8 Å². The standard InChI is InChI=1S/C14H18F3N3O3/c1-9(11-3-2-6-22-11)19-13(21)20-10-4-5-12(18-7-10)23-8-14(15,16)17/h4-5,7,9,11H,2-3,6,8H2,1H3,(H2,19,20,21)/t9-,11+/m0/s1. The molecule has 9 heteroatoms. The van der Waals surface area contributed by atoms with Gasteiger partial charge in [-0.05, 0) is 25.8 Å². The SMILES string of the molecule is C[C@H](NC(=O)Nc1ccc(OCC(F)(F)F)nc1)[C@H]1CCCO1. The minimum absolute atomic E-state index is 0.00276. The number of nitrogens with one attached hydrogen (secondary N) is 2. The van der Waals surface area contributed by atoms with Gasteiger partial charge in [-0.2, -0.15) is 13.2 Å². The molecule has 6 nitrogen and oxygen atoms in total. The van der Waals surface area contributed by atoms with E-state index in [4.69, 9.17) is 4.74 Å². The van der Waals surface area contributed by atoms with Crippen molar-refractivity contribution in [3.63, 3.8) is 0 Å². The predicted octanol–water partition coefficient (Wildman–Crippen LogP) is 2.71. The molecule has 1 saturated heterocycles. The first-order valence-corrected chi connectivity index (χ1v) is 7.18. The first-order valence-electron chi connectivity index (χ1n) is 7.18. The molecule has 1 aliphatic heterocycles. The third-order valence-corrected chi connectivity index (χ3v) is 3.26. The number of carbonyl (C=O) groups excluding carboxylic acids is 1. The van der Waals surface area contributed by atoms with Crippen LogP contribution in [0.3, 0.4) is 0 Å². The second-order valence-electron chi connectivity index (χ2n) is 5.23. The van der Waals surface area contributed by atoms with E-state index in [0.29, 0.717) is 12.3 Å². The molecule has 1 aromatic heterocycles. The van der Waals surface area contributed by atoms with Crippen molar-refractivity contribution in [2.75, 3.05) is 18.5 Å². The Morgan fingerprint density at radius 3 is 2.87 bits per heavy atom. The molecule has 1 aromatic rings. The maximum absolute atomic E-state index is 12.0. The molecule has 0 aliphatic carbocycles. The monoisotopic (exact) mass is 333 g/mol. The molecule has 0 spiro atoms. The number of alkyl halides is 3. The number of carbonyl (C=O) groups is 1. The fourth-order valence-electron chi connectivity index (χ4n) is 2.16. The Morgan fingerprint density at radius 1 is 1.52 bits per heavy atom. The maximum atomic E-state index is 12.0. The highest BCUT2D eigenvalue weighted by Gasteiger charge is 2.28. The van der Waals surface area contributed by atoms with E-state index < -0.39 is 18.8 Å². The summed E-state index contributed by atoms with van der Waals surface area (Å²) in [5.41, 5.74) is 0.349. The van der Waals surface area contributed by atoms with Gasteiger partial charge >= 0.3 is 12.2 Å². The Kier molecular flexibility index (Phi) is 5.64. The summed E-state index contributed by atoms with van der Waals surface area (Å²) in [5, 5.41) is 5.30. The molecule has 23 heavy (non-hydrogen) atoms. The smallest absolute Gasteiger partial charge is 0.422 e. The van der Waals surface area contributed by atoms with Crippen molar-refractivity contribution in [1.29, 1.82) is 0 Å². The summed E-state index contributed by atoms with van der Waals surface area (Å²) in [4.78, 5) is 15.5. The molecular formula is C14H18F3N3O3. The number of hydrogen-bond donors (Lipinski definition) is 2. The molecule has 2 atom stereocenters. The largest absolute Gasteiger partial charge is 0.468 e. The zero-order chi connectivity index (χ0) is 16.9. The summed E-state index contributed by atoms with van der Waals surface area (Å²) < 4.78 is 46.0. The second kappa shape index (κ2) is 7.49. The summed E-state index contributed by atoms with van der Waals surface area (Å²) in [6.45, 7) is 1.13. The van der Waals surface area contributed by atoms with Crippen LogP contribution in [0.25, 0.3) is 0 Å². The lowest BCUT2D eigenvalue weighted by atomic mass is 10.1. The Balaban J connectivity index is 1.79. The summed E-state index contributed by atoms with van der Waals surface area (Å²) in [6.07, 6.45) is -1.33. The van der Waals surface area contributed by atoms with Crippen molar-refractivity contribution in [3.05, 3.63) is 18.3 Å². The number of rotatable bonds is 5. The van der Waals surface area contributed by atoms with Crippen molar-refractivity contribution >= 4 is 11.7 Å². The van der Waals surface area contributed by atoms with Crippen LogP contribution in [0.5, 0.6) is 5.88 Å². The van der Waals surface area contributed by atoms with Crippen LogP contribution in [-0.4, -0.2) is 42.6 Å². The van der Waals surface area contributed by atoms with E-state index >= 15 is 0 Å². The number of aromatic nitrogens is 1. The summed E-state index contributed by atoms with van der Waals surface area (Å²) in [5.74, 6) is -0.166. The Labute approximate surface area is 131 Å². The maximum Gasteiger partial charge on any atom is 0.422 e. The van der Waals surface area contributed by atoms with Crippen LogP contribution in [0, 0.1) is 0 Å². The number of pyridine rings is 1. The lowest BCUT2D eigenvalue weighted by Crippen LogP contribution is -2.42. The fourth-order valence-corrected chi connectivity index (χ4v) is 2.16. The Bertz CT molecular complexity index is 516. The fraction of sp³-hybridized carbons (Fsp3) is 0.571. The van der Waals surface area contributed by atoms with Crippen LogP contribution in [-0.2, 0) is 4.74 Å². The molecule has 2 amide bonds. The molecule has 128 valence electrons. The summed E-state index contributed by atoms with van der Waals surface area (Å²) >= 11 is 0. The van der Waals surface area contributed by atoms with Crippen LogP contribution in [0.2, 0.25) is 0 Å². The van der Waals surface area contributed by atoms with Crippen molar-refractivity contribution in [3.8, 4) is 5.88 Å². The van der Waals surface area contributed by atoms with Crippen LogP contribution < -0.4 is 15.4 Å². The zero-order valence-electron chi connectivity index (χ0n) is 12.5. The van der Waals surface area contributed by atoms with Gasteiger partial charge in [0, 0.05) is 12.7 Å². The molecule has 1 fully saturated rings. The minimum Gasteiger partial charge on any atom is -0.468 e. The van der Waals surface area contributed by atoms with E-state index in [2.05, 4.69) is 20.4 Å². The number of hydrogen-bond acceptors (Lipinski definition) is 4. The van der Waals surface area contributed by atoms with Gasteiger partial charge < -0.3 is 20.1 Å². The average molecular weight is 333 g/mol. The molecule has 1 aliphatic rings. The van der Waals surface area contributed by atoms with Gasteiger partial charge in [0.1, 0.15) is 0 Å². The van der Waals surface area contributed by atoms with Gasteiger partial charge in [-0.3, -0.25) is 0 Å². The first kappa shape index (κ1) is 17.3. The second-order valence-corrected chi connectivity index (χ2v) is 5.23. The number of urea groups is 1. The van der Waals surface area contributed by atoms with Gasteiger partial charge in [0.15, 0.2) is 6.61 Å². The zero-order valence-corrected chi connectivity index (χ0v) is 12.5. The number of ether oxygens (including phenoxy) is 2. The first-order chi connectivity index (χ1) is 10.8. The van der Waals surface area contributed by atoms with E-state index in [0.717, 1.165) is 12.8 Å². The topological polar surface area (TPSA) is 72.5 Å². The van der Waals surface area contributed by atoms with Crippen molar-refractivity contribution in [2.24, 2.45) is 0 Å². The molecule has 2 rings (SSSR count). The lowest BCUT2D eigenvalue weighted by molar-refractivity contribution is -0.154. The highest BCUT2D eigenvalue weighted by molar-refractivity contribution is 5.89. The van der Waals surface area contributed by atoms with Crippen LogP contribution >= 0.6 is 0 Å². The Hall–Kier alpha value is -2.03. The van der Waals surface area contributed by atoms with Crippen molar-refractivity contribution < 1.29 is 27.4 Å². The van der Waals surface area contributed by atoms with Crippen LogP contribution in [0.15, 0.2) is 18.3 Å². The molecule has 0 saturated carbocycles. The predicted molar refractivity (Wildman–Crippen MR) is 76.4 cm³/mol. The van der Waals surface area contributed by atoms with E-state index in [1.165, 1.54) is 18.3 Å². The molecular weight excluding hydrogens is 315 g/mol. The number of amides is 2. The molecule has 0 aromatic carbocycles. The molecule has 0 bridgehead atoms. The van der Waals surface area contributed by atoms with Crippen molar-refractivity contribution in [1.82, 2.24) is 10.3 Å². The van der Waals surface area contributed by atoms with Gasteiger partial charge in [-0.25, -0.2) is 9.78 Å². The third-order valence-electron chi connectivity index (χ3n) is 3.26. The van der Waals surface area contributed by atoms with Crippen molar-refractivity contribution in [2.45, 2.75) is 38.1 Å². The average Bonchev–Trinajstić information content (AvgIpc) is 3.00. The molecule has 2 heterocycles. The van der Waals surface area contributed by atoms with Gasteiger partial charge in [-0.1, -0.05) is 0 Å². The quantitative estimate of drug-likeness (QED) is 0.869. The highest BCUT2D eigenvalue weighted by Crippen LogP contribution is 2.18. The normalized spacial score (nSPS) is 19.2. The minimum atomic E-state index is -4.42. The van der Waals surface area contributed by atoms with E-state index in [1.807, 2.05) is 6.92 Å². The van der Waals surface area contributed by atoms with Gasteiger partial charge in [-0.15, -0.1) is 0 Å². The third kappa shape index (κ3) is 5.93. The van der Waals surface area contributed by atoms with E-state index in [1.54, 1.807) is 0 Å². The lowest BCUT2D eigenvalue weighted by Gasteiger charge is -2.20. The number of anilines is 1. The van der Waals surface area contributed by atoms with E-state index in [-0.39, 0.29) is 18.0 Å². The molecule has 0 radical (unpaired) electrons. The Morgan fingerprint density at radius 2 is 2.30 bits per heavy atom. The van der Waals surface area contributed by atoms with Gasteiger partial charge in [0.25, 0.3) is 0 Å². The highest BCUT2D eigenvalue weighted by atomic mass is 19.4. The summed E-state index contributed by atoms with van der Waals surface area (Å²) in [6, 6.07) is 2.10. The number of nitrogens with zero attached hydrogens (tertiary/aromatic N) is 1. The summed E-state index contributed by atoms with van der Waals surface area (Å²) in [7, 11) is 0. The van der Waals surface area contributed by atoms with Gasteiger partial charge in [0.05, 0.1) is 24.0 Å². The van der Waals surface area contributed by atoms with E-state index in [9.17, 15) is 18.0 Å². The van der Waals surface area contributed by atoms with Crippen LogP contribution in [0.4, 0.5) is 23.7 Å².